The second-order valence-electron chi connectivity index (χ2n) is 3.54. The van der Waals surface area contributed by atoms with Crippen LogP contribution in [-0.2, 0) is 6.42 Å². The first-order valence-electron chi connectivity index (χ1n) is 4.66. The second-order valence-corrected chi connectivity index (χ2v) is 3.54. The molecule has 0 amide bonds. The van der Waals surface area contributed by atoms with E-state index in [0.29, 0.717) is 11.9 Å². The first-order valence-corrected chi connectivity index (χ1v) is 4.66. The number of likely N-dealkylation sites (tertiary alicyclic amines) is 1. The Kier molecular flexibility index (Phi) is 2.39. The molecule has 1 fully saturated rings. The maximum atomic E-state index is 5.65. The molecular formula is C9H14N4O. The van der Waals surface area contributed by atoms with Gasteiger partial charge in [-0.05, 0) is 0 Å². The van der Waals surface area contributed by atoms with E-state index < -0.39 is 0 Å². The molecule has 1 aromatic rings. The number of rotatable bonds is 2. The average Bonchev–Trinajstić information content (AvgIpc) is 2.61. The lowest BCUT2D eigenvalue weighted by molar-refractivity contribution is 0.174. The van der Waals surface area contributed by atoms with Crippen LogP contribution in [0.3, 0.4) is 0 Å². The summed E-state index contributed by atoms with van der Waals surface area (Å²) in [4.78, 5) is 5.98. The molecule has 0 atom stereocenters. The van der Waals surface area contributed by atoms with Crippen LogP contribution in [0.4, 0.5) is 0 Å². The molecule has 0 radical (unpaired) electrons. The van der Waals surface area contributed by atoms with E-state index in [2.05, 4.69) is 15.0 Å². The van der Waals surface area contributed by atoms with Gasteiger partial charge in [-0.15, -0.1) is 0 Å². The molecule has 2 heterocycles. The first-order chi connectivity index (χ1) is 6.79. The number of aliphatic imine (C=N–C) groups is 1. The Bertz CT molecular complexity index is 314. The molecule has 2 N–H and O–H groups in total. The molecule has 1 aromatic heterocycles. The Labute approximate surface area is 82.6 Å². The minimum atomic E-state index is 0.614. The van der Waals surface area contributed by atoms with Crippen LogP contribution in [0.5, 0.6) is 0 Å². The predicted octanol–water partition coefficient (Wildman–Crippen LogP) is 0.0934. The lowest BCUT2D eigenvalue weighted by Gasteiger charge is -2.39. The maximum Gasteiger partial charge on any atom is 0.190 e. The largest absolute Gasteiger partial charge is 0.370 e. The third-order valence-electron chi connectivity index (χ3n) is 2.49. The summed E-state index contributed by atoms with van der Waals surface area (Å²) in [7, 11) is 1.71. The fourth-order valence-corrected chi connectivity index (χ4v) is 1.66. The van der Waals surface area contributed by atoms with Crippen molar-refractivity contribution in [3.63, 3.8) is 0 Å². The number of aromatic nitrogens is 1. The Morgan fingerprint density at radius 3 is 3.14 bits per heavy atom. The summed E-state index contributed by atoms with van der Waals surface area (Å²) in [5.41, 5.74) is 5.65. The number of nitrogens with two attached hydrogens (primary N) is 1. The van der Waals surface area contributed by atoms with Crippen LogP contribution < -0.4 is 5.73 Å². The lowest BCUT2D eigenvalue weighted by atomic mass is 9.95. The van der Waals surface area contributed by atoms with Crippen molar-refractivity contribution in [2.45, 2.75) is 6.42 Å². The summed E-state index contributed by atoms with van der Waals surface area (Å²) >= 11 is 0. The van der Waals surface area contributed by atoms with Crippen LogP contribution in [0, 0.1) is 5.92 Å². The predicted molar refractivity (Wildman–Crippen MR) is 52.8 cm³/mol. The van der Waals surface area contributed by atoms with Crippen molar-refractivity contribution >= 4 is 5.96 Å². The Hall–Kier alpha value is -1.52. The van der Waals surface area contributed by atoms with Gasteiger partial charge in [0.1, 0.15) is 5.76 Å². The third kappa shape index (κ3) is 1.71. The quantitative estimate of drug-likeness (QED) is 0.535. The SMILES string of the molecule is CN=C(N)N1CC(Cc2ccno2)C1. The van der Waals surface area contributed by atoms with E-state index in [-0.39, 0.29) is 0 Å². The molecule has 0 saturated carbocycles. The highest BCUT2D eigenvalue weighted by atomic mass is 16.5. The van der Waals surface area contributed by atoms with Gasteiger partial charge in [-0.3, -0.25) is 4.99 Å². The van der Waals surface area contributed by atoms with Gasteiger partial charge in [0.05, 0.1) is 6.20 Å². The van der Waals surface area contributed by atoms with Crippen molar-refractivity contribution in [1.82, 2.24) is 10.1 Å². The van der Waals surface area contributed by atoms with Crippen molar-refractivity contribution in [3.05, 3.63) is 18.0 Å². The molecule has 1 saturated heterocycles. The van der Waals surface area contributed by atoms with E-state index in [0.717, 1.165) is 25.3 Å². The van der Waals surface area contributed by atoms with Crippen molar-refractivity contribution in [2.75, 3.05) is 20.1 Å². The van der Waals surface area contributed by atoms with E-state index in [1.165, 1.54) is 0 Å². The van der Waals surface area contributed by atoms with Crippen LogP contribution in [0.15, 0.2) is 21.8 Å². The molecule has 0 aliphatic carbocycles. The van der Waals surface area contributed by atoms with E-state index in [9.17, 15) is 0 Å². The Morgan fingerprint density at radius 1 is 1.79 bits per heavy atom. The van der Waals surface area contributed by atoms with E-state index >= 15 is 0 Å². The molecule has 0 spiro atoms. The fraction of sp³-hybridized carbons (Fsp3) is 0.556. The molecular weight excluding hydrogens is 180 g/mol. The summed E-state index contributed by atoms with van der Waals surface area (Å²) in [6.07, 6.45) is 2.61. The van der Waals surface area contributed by atoms with Crippen molar-refractivity contribution in [3.8, 4) is 0 Å². The molecule has 0 aromatic carbocycles. The normalized spacial score (nSPS) is 18.4. The third-order valence-corrected chi connectivity index (χ3v) is 2.49. The van der Waals surface area contributed by atoms with Crippen molar-refractivity contribution < 1.29 is 4.52 Å². The molecule has 76 valence electrons. The molecule has 0 unspecified atom stereocenters. The summed E-state index contributed by atoms with van der Waals surface area (Å²) in [5, 5.41) is 3.67. The molecule has 2 rings (SSSR count). The summed E-state index contributed by atoms with van der Waals surface area (Å²) < 4.78 is 5.03. The van der Waals surface area contributed by atoms with E-state index in [1.54, 1.807) is 13.2 Å². The Morgan fingerprint density at radius 2 is 2.57 bits per heavy atom. The minimum absolute atomic E-state index is 0.614. The second kappa shape index (κ2) is 3.69. The number of hydrogen-bond donors (Lipinski definition) is 1. The van der Waals surface area contributed by atoms with Gasteiger partial charge in [0, 0.05) is 38.5 Å². The summed E-state index contributed by atoms with van der Waals surface area (Å²) in [6, 6.07) is 1.90. The van der Waals surface area contributed by atoms with Crippen molar-refractivity contribution in [1.29, 1.82) is 0 Å². The molecule has 1 aliphatic rings. The summed E-state index contributed by atoms with van der Waals surface area (Å²) in [5.74, 6) is 2.18. The maximum absolute atomic E-state index is 5.65. The van der Waals surface area contributed by atoms with Crippen LogP contribution in [0.25, 0.3) is 0 Å². The highest BCUT2D eigenvalue weighted by Gasteiger charge is 2.28. The number of nitrogens with zero attached hydrogens (tertiary/aromatic N) is 3. The van der Waals surface area contributed by atoms with Gasteiger partial charge in [-0.25, -0.2) is 0 Å². The monoisotopic (exact) mass is 194 g/mol. The molecule has 5 nitrogen and oxygen atoms in total. The zero-order chi connectivity index (χ0) is 9.97. The zero-order valence-corrected chi connectivity index (χ0v) is 8.18. The average molecular weight is 194 g/mol. The van der Waals surface area contributed by atoms with Gasteiger partial charge in [-0.1, -0.05) is 5.16 Å². The van der Waals surface area contributed by atoms with Gasteiger partial charge < -0.3 is 15.2 Å². The van der Waals surface area contributed by atoms with Gasteiger partial charge >= 0.3 is 0 Å². The highest BCUT2D eigenvalue weighted by Crippen LogP contribution is 2.19. The first kappa shape index (κ1) is 9.05. The van der Waals surface area contributed by atoms with Gasteiger partial charge in [0.25, 0.3) is 0 Å². The molecule has 14 heavy (non-hydrogen) atoms. The van der Waals surface area contributed by atoms with Crippen LogP contribution >= 0.6 is 0 Å². The molecule has 1 aliphatic heterocycles. The molecule has 0 bridgehead atoms. The van der Waals surface area contributed by atoms with E-state index in [1.807, 2.05) is 6.07 Å². The minimum Gasteiger partial charge on any atom is -0.370 e. The standard InChI is InChI=1S/C9H14N4O/c1-11-9(10)13-5-7(6-13)4-8-2-3-12-14-8/h2-3,7H,4-6H2,1H3,(H2,10,11). The number of guanidine groups is 1. The fourth-order valence-electron chi connectivity index (χ4n) is 1.66. The van der Waals surface area contributed by atoms with Crippen molar-refractivity contribution in [2.24, 2.45) is 16.6 Å². The molecule has 5 heteroatoms. The van der Waals surface area contributed by atoms with Gasteiger partial charge in [0.2, 0.25) is 0 Å². The summed E-state index contributed by atoms with van der Waals surface area (Å²) in [6.45, 7) is 1.92. The number of hydrogen-bond acceptors (Lipinski definition) is 3. The van der Waals surface area contributed by atoms with Gasteiger partial charge in [-0.2, -0.15) is 0 Å². The smallest absolute Gasteiger partial charge is 0.190 e. The van der Waals surface area contributed by atoms with Gasteiger partial charge in [0.15, 0.2) is 5.96 Å². The topological polar surface area (TPSA) is 67.7 Å². The van der Waals surface area contributed by atoms with Crippen LogP contribution in [-0.4, -0.2) is 36.2 Å². The van der Waals surface area contributed by atoms with E-state index in [4.69, 9.17) is 10.3 Å². The van der Waals surface area contributed by atoms with Crippen LogP contribution in [0.1, 0.15) is 5.76 Å². The Balaban J connectivity index is 1.79. The zero-order valence-electron chi connectivity index (χ0n) is 8.18. The van der Waals surface area contributed by atoms with Crippen LogP contribution in [0.2, 0.25) is 0 Å². The lowest BCUT2D eigenvalue weighted by Crippen LogP contribution is -2.53. The highest BCUT2D eigenvalue weighted by molar-refractivity contribution is 5.78.